The summed E-state index contributed by atoms with van der Waals surface area (Å²) in [7, 11) is -2.20. The Balaban J connectivity index is 0.000000638. The highest BCUT2D eigenvalue weighted by Crippen LogP contribution is 2.30. The molecule has 0 fully saturated rings. The van der Waals surface area contributed by atoms with Gasteiger partial charge in [0.25, 0.3) is 10.0 Å². The lowest BCUT2D eigenvalue weighted by atomic mass is 10.1. The maximum Gasteiger partial charge on any atom is 0.490 e. The molecule has 0 aliphatic heterocycles. The van der Waals surface area contributed by atoms with Crippen molar-refractivity contribution in [3.63, 3.8) is 0 Å². The van der Waals surface area contributed by atoms with Gasteiger partial charge in [0.15, 0.2) is 5.82 Å². The third-order valence-electron chi connectivity index (χ3n) is 5.10. The van der Waals surface area contributed by atoms with Gasteiger partial charge in [-0.3, -0.25) is 4.72 Å². The largest absolute Gasteiger partial charge is 0.490 e. The molecule has 0 saturated carbocycles. The summed E-state index contributed by atoms with van der Waals surface area (Å²) >= 11 is 0. The Morgan fingerprint density at radius 1 is 1.00 bits per heavy atom. The van der Waals surface area contributed by atoms with E-state index < -0.39 is 28.1 Å². The van der Waals surface area contributed by atoms with Crippen LogP contribution in [0.1, 0.15) is 32.6 Å². The predicted octanol–water partition coefficient (Wildman–Crippen LogP) is 4.78. The number of anilines is 2. The van der Waals surface area contributed by atoms with Gasteiger partial charge in [-0.1, -0.05) is 48.0 Å². The summed E-state index contributed by atoms with van der Waals surface area (Å²) in [5.74, 6) is -3.61. The predicted molar refractivity (Wildman–Crippen MR) is 135 cm³/mol. The highest BCUT2D eigenvalue weighted by Gasteiger charge is 2.38. The van der Waals surface area contributed by atoms with Gasteiger partial charge in [0.2, 0.25) is 0 Å². The number of aromatic carboxylic acids is 1. The molecule has 1 heterocycles. The number of hydrogen-bond acceptors (Lipinski definition) is 6. The maximum atomic E-state index is 13.3. The van der Waals surface area contributed by atoms with Crippen LogP contribution in [0.2, 0.25) is 0 Å². The molecule has 3 rings (SSSR count). The Morgan fingerprint density at radius 3 is 2.00 bits per heavy atom. The molecular formula is C25H26F3N3O6S. The normalized spacial score (nSPS) is 11.2. The second-order valence-electron chi connectivity index (χ2n) is 8.38. The molecule has 0 amide bonds. The molecule has 9 nitrogen and oxygen atoms in total. The Kier molecular flexibility index (Phi) is 9.46. The number of carboxylic acids is 2. The summed E-state index contributed by atoms with van der Waals surface area (Å²) < 4.78 is 60.8. The number of hydrogen-bond donors (Lipinski definition) is 3. The van der Waals surface area contributed by atoms with E-state index in [9.17, 15) is 31.5 Å². The number of rotatable bonds is 7. The van der Waals surface area contributed by atoms with Gasteiger partial charge >= 0.3 is 18.1 Å². The fraction of sp³-hybridized carbons (Fsp3) is 0.240. The van der Waals surface area contributed by atoms with E-state index in [-0.39, 0.29) is 16.1 Å². The molecule has 3 aromatic rings. The number of nitrogens with one attached hydrogen (secondary N) is 1. The molecule has 13 heteroatoms. The quantitative estimate of drug-likeness (QED) is 0.380. The van der Waals surface area contributed by atoms with Crippen molar-refractivity contribution in [2.45, 2.75) is 38.4 Å². The number of halogens is 3. The van der Waals surface area contributed by atoms with Gasteiger partial charge in [-0.05, 0) is 43.5 Å². The highest BCUT2D eigenvalue weighted by molar-refractivity contribution is 7.92. The summed E-state index contributed by atoms with van der Waals surface area (Å²) in [5, 5.41) is 16.5. The molecule has 0 saturated heterocycles. The third kappa shape index (κ3) is 7.93. The summed E-state index contributed by atoms with van der Waals surface area (Å²) in [4.78, 5) is 26.6. The van der Waals surface area contributed by atoms with E-state index >= 15 is 0 Å². The number of aryl methyl sites for hydroxylation is 3. The first-order chi connectivity index (χ1) is 17.5. The Morgan fingerprint density at radius 2 is 1.53 bits per heavy atom. The minimum Gasteiger partial charge on any atom is -0.478 e. The highest BCUT2D eigenvalue weighted by atomic mass is 32.2. The topological polar surface area (TPSA) is 137 Å². The van der Waals surface area contributed by atoms with E-state index in [1.807, 2.05) is 37.3 Å². The van der Waals surface area contributed by atoms with Crippen LogP contribution in [0.15, 0.2) is 59.6 Å². The van der Waals surface area contributed by atoms with Crippen LogP contribution in [0.3, 0.4) is 0 Å². The molecule has 0 atom stereocenters. The summed E-state index contributed by atoms with van der Waals surface area (Å²) in [6.45, 7) is 5.85. The van der Waals surface area contributed by atoms with Crippen molar-refractivity contribution in [3.05, 3.63) is 82.5 Å². The van der Waals surface area contributed by atoms with Gasteiger partial charge in [0.05, 0.1) is 16.1 Å². The van der Waals surface area contributed by atoms with Gasteiger partial charge in [-0.25, -0.2) is 23.0 Å². The fourth-order valence-electron chi connectivity index (χ4n) is 3.67. The first kappa shape index (κ1) is 30.1. The minimum atomic E-state index is -5.08. The number of nitrogens with zero attached hydrogens (tertiary/aromatic N) is 2. The molecule has 0 aliphatic carbocycles. The molecule has 0 bridgehead atoms. The van der Waals surface area contributed by atoms with E-state index in [0.29, 0.717) is 23.5 Å². The summed E-state index contributed by atoms with van der Waals surface area (Å²) in [6.07, 6.45) is -3.86. The maximum absolute atomic E-state index is 13.3. The van der Waals surface area contributed by atoms with Crippen LogP contribution in [0, 0.1) is 20.8 Å². The number of carbonyl (C=O) groups is 2. The van der Waals surface area contributed by atoms with Crippen molar-refractivity contribution < 1.29 is 41.4 Å². The van der Waals surface area contributed by atoms with Crippen LogP contribution < -0.4 is 9.62 Å². The van der Waals surface area contributed by atoms with E-state index in [1.54, 1.807) is 37.9 Å². The van der Waals surface area contributed by atoms with E-state index in [0.717, 1.165) is 11.1 Å². The molecule has 38 heavy (non-hydrogen) atoms. The van der Waals surface area contributed by atoms with Crippen molar-refractivity contribution in [2.75, 3.05) is 16.7 Å². The van der Waals surface area contributed by atoms with Crippen LogP contribution in [-0.4, -0.2) is 48.8 Å². The molecule has 0 aliphatic rings. The standard InChI is InChI=1S/C23H25N3O4S.C2HF3O2/c1-15-10-16(2)21(17(3)11-15)31(29,30)25-20-12-19(23(27)28)13-24-22(20)26(4)14-18-8-6-5-7-9-18;3-2(4,5)1(6)7/h5-13,25H,14H2,1-4H3,(H,27,28);(H,6,7). The molecule has 0 spiro atoms. The lowest BCUT2D eigenvalue weighted by Gasteiger charge is -2.23. The third-order valence-corrected chi connectivity index (χ3v) is 6.77. The second-order valence-corrected chi connectivity index (χ2v) is 10.00. The number of sulfonamides is 1. The zero-order valence-corrected chi connectivity index (χ0v) is 21.7. The Hall–Kier alpha value is -4.13. The Bertz CT molecular complexity index is 1400. The van der Waals surface area contributed by atoms with Crippen LogP contribution >= 0.6 is 0 Å². The van der Waals surface area contributed by atoms with Gasteiger partial charge < -0.3 is 15.1 Å². The molecule has 0 radical (unpaired) electrons. The Labute approximate surface area is 217 Å². The molecule has 1 aromatic heterocycles. The number of alkyl halides is 3. The van der Waals surface area contributed by atoms with Crippen molar-refractivity contribution in [3.8, 4) is 0 Å². The molecule has 2 aromatic carbocycles. The SMILES string of the molecule is Cc1cc(C)c(S(=O)(=O)Nc2cc(C(=O)O)cnc2N(C)Cc2ccccc2)c(C)c1.O=C(O)C(F)(F)F. The number of pyridine rings is 1. The van der Waals surface area contributed by atoms with Crippen LogP contribution in [0.25, 0.3) is 0 Å². The summed E-state index contributed by atoms with van der Waals surface area (Å²) in [6, 6.07) is 14.5. The molecule has 0 unspecified atom stereocenters. The van der Waals surface area contributed by atoms with Gasteiger partial charge in [-0.2, -0.15) is 13.2 Å². The zero-order chi connectivity index (χ0) is 28.8. The lowest BCUT2D eigenvalue weighted by Crippen LogP contribution is -2.23. The number of benzene rings is 2. The number of carboxylic acid groups (broad SMARTS) is 2. The van der Waals surface area contributed by atoms with Crippen molar-refractivity contribution in [1.82, 2.24) is 4.98 Å². The lowest BCUT2D eigenvalue weighted by molar-refractivity contribution is -0.192. The van der Waals surface area contributed by atoms with Gasteiger partial charge in [-0.15, -0.1) is 0 Å². The van der Waals surface area contributed by atoms with E-state index in [2.05, 4.69) is 9.71 Å². The first-order valence-corrected chi connectivity index (χ1v) is 12.4. The monoisotopic (exact) mass is 553 g/mol. The van der Waals surface area contributed by atoms with Crippen LogP contribution in [-0.2, 0) is 21.4 Å². The minimum absolute atomic E-state index is 0.105. The molecular weight excluding hydrogens is 527 g/mol. The van der Waals surface area contributed by atoms with Crippen molar-refractivity contribution >= 4 is 33.5 Å². The molecule has 204 valence electrons. The van der Waals surface area contributed by atoms with Crippen molar-refractivity contribution in [1.29, 1.82) is 0 Å². The average molecular weight is 554 g/mol. The van der Waals surface area contributed by atoms with Crippen LogP contribution in [0.5, 0.6) is 0 Å². The van der Waals surface area contributed by atoms with E-state index in [1.165, 1.54) is 12.3 Å². The van der Waals surface area contributed by atoms with Crippen molar-refractivity contribution in [2.24, 2.45) is 0 Å². The smallest absolute Gasteiger partial charge is 0.478 e. The van der Waals surface area contributed by atoms with Crippen LogP contribution in [0.4, 0.5) is 24.7 Å². The fourth-order valence-corrected chi connectivity index (χ4v) is 5.18. The van der Waals surface area contributed by atoms with E-state index in [4.69, 9.17) is 9.90 Å². The average Bonchev–Trinajstić information content (AvgIpc) is 2.78. The van der Waals surface area contributed by atoms with Gasteiger partial charge in [0, 0.05) is 19.8 Å². The number of aromatic nitrogens is 1. The second kappa shape index (κ2) is 11.9. The summed E-state index contributed by atoms with van der Waals surface area (Å²) in [5.41, 5.74) is 3.21. The van der Waals surface area contributed by atoms with Gasteiger partial charge in [0.1, 0.15) is 0 Å². The number of aliphatic carboxylic acids is 1. The zero-order valence-electron chi connectivity index (χ0n) is 20.9. The first-order valence-electron chi connectivity index (χ1n) is 10.9. The molecule has 3 N–H and O–H groups in total.